The van der Waals surface area contributed by atoms with Crippen LogP contribution in [0.2, 0.25) is 5.02 Å². The maximum absolute atomic E-state index is 15.4. The number of carbonyl (C=O) groups excluding carboxylic acids is 1. The van der Waals surface area contributed by atoms with Crippen LogP contribution in [0.4, 0.5) is 8.78 Å². The van der Waals surface area contributed by atoms with E-state index in [9.17, 15) is 4.79 Å². The Labute approximate surface area is 206 Å². The second kappa shape index (κ2) is 8.76. The van der Waals surface area contributed by atoms with Crippen molar-refractivity contribution in [3.63, 3.8) is 0 Å². The Morgan fingerprint density at radius 3 is 2.77 bits per heavy atom. The van der Waals surface area contributed by atoms with Crippen molar-refractivity contribution in [2.24, 2.45) is 0 Å². The first-order chi connectivity index (χ1) is 16.9. The van der Waals surface area contributed by atoms with Gasteiger partial charge in [-0.25, -0.2) is 8.78 Å². The third-order valence-electron chi connectivity index (χ3n) is 7.34. The molecule has 2 aromatic heterocycles. The van der Waals surface area contributed by atoms with Gasteiger partial charge in [0.2, 0.25) is 5.91 Å². The van der Waals surface area contributed by atoms with Crippen molar-refractivity contribution in [1.29, 1.82) is 0 Å². The number of piperidine rings is 1. The largest absolute Gasteiger partial charge is 0.360 e. The summed E-state index contributed by atoms with van der Waals surface area (Å²) < 4.78 is 36.1. The van der Waals surface area contributed by atoms with E-state index in [-0.39, 0.29) is 37.3 Å². The van der Waals surface area contributed by atoms with E-state index in [1.165, 1.54) is 6.07 Å². The molecule has 2 aliphatic heterocycles. The molecule has 3 aromatic rings. The van der Waals surface area contributed by atoms with Crippen LogP contribution in [0.3, 0.4) is 0 Å². The molecule has 2 atom stereocenters. The number of nitrogens with zero attached hydrogens (tertiary/aromatic N) is 4. The lowest BCUT2D eigenvalue weighted by Gasteiger charge is -2.48. The lowest BCUT2D eigenvalue weighted by molar-refractivity contribution is -0.189. The summed E-state index contributed by atoms with van der Waals surface area (Å²) in [7, 11) is 0. The van der Waals surface area contributed by atoms with Crippen molar-refractivity contribution in [3.05, 3.63) is 59.3 Å². The molecule has 1 aromatic carbocycles. The number of aromatic nitrogens is 2. The van der Waals surface area contributed by atoms with Crippen molar-refractivity contribution >= 4 is 28.4 Å². The van der Waals surface area contributed by atoms with Gasteiger partial charge in [-0.3, -0.25) is 19.7 Å². The Hall–Kier alpha value is -2.68. The highest BCUT2D eigenvalue weighted by atomic mass is 35.5. The molecule has 1 aliphatic carbocycles. The molecule has 0 unspecified atom stereocenters. The van der Waals surface area contributed by atoms with Gasteiger partial charge in [0.1, 0.15) is 24.2 Å². The predicted molar refractivity (Wildman–Crippen MR) is 128 cm³/mol. The van der Waals surface area contributed by atoms with Gasteiger partial charge in [0.25, 0.3) is 0 Å². The second-order valence-corrected chi connectivity index (χ2v) is 10.2. The summed E-state index contributed by atoms with van der Waals surface area (Å²) in [5.41, 5.74) is 1.53. The molecule has 9 heteroatoms. The average molecular weight is 499 g/mol. The Morgan fingerprint density at radius 2 is 2.00 bits per heavy atom. The van der Waals surface area contributed by atoms with Gasteiger partial charge >= 0.3 is 0 Å². The molecular weight excluding hydrogens is 474 g/mol. The fourth-order valence-corrected chi connectivity index (χ4v) is 5.29. The van der Waals surface area contributed by atoms with Crippen LogP contribution in [-0.4, -0.2) is 69.7 Å². The van der Waals surface area contributed by atoms with E-state index in [4.69, 9.17) is 16.3 Å². The number of benzene rings is 1. The first-order valence-electron chi connectivity index (χ1n) is 11.9. The summed E-state index contributed by atoms with van der Waals surface area (Å²) in [5.74, 6) is -0.480. The van der Waals surface area contributed by atoms with Gasteiger partial charge in [-0.05, 0) is 43.0 Å². The molecule has 0 bridgehead atoms. The summed E-state index contributed by atoms with van der Waals surface area (Å²) in [6, 6.07) is 9.18. The normalized spacial score (nSPS) is 25.5. The average Bonchev–Trinajstić information content (AvgIpc) is 3.69. The number of ether oxygens (including phenoxy) is 1. The van der Waals surface area contributed by atoms with Gasteiger partial charge in [0.15, 0.2) is 0 Å². The Balaban J connectivity index is 1.14. The topological polar surface area (TPSA) is 58.6 Å². The highest BCUT2D eigenvalue weighted by Crippen LogP contribution is 2.38. The summed E-state index contributed by atoms with van der Waals surface area (Å²) in [6.45, 7) is 1.13. The van der Waals surface area contributed by atoms with E-state index in [1.54, 1.807) is 17.3 Å². The summed E-state index contributed by atoms with van der Waals surface area (Å²) in [5, 5.41) is 1.46. The summed E-state index contributed by atoms with van der Waals surface area (Å²) in [4.78, 5) is 24.5. The molecule has 1 saturated carbocycles. The van der Waals surface area contributed by atoms with E-state index < -0.39 is 17.6 Å². The van der Waals surface area contributed by atoms with E-state index in [0.717, 1.165) is 29.3 Å². The molecule has 3 aliphatic rings. The van der Waals surface area contributed by atoms with E-state index >= 15 is 8.78 Å². The number of pyridine rings is 2. The zero-order chi connectivity index (χ0) is 24.2. The quantitative estimate of drug-likeness (QED) is 0.534. The van der Waals surface area contributed by atoms with E-state index in [2.05, 4.69) is 9.97 Å². The minimum Gasteiger partial charge on any atom is -0.360 e. The zero-order valence-electron chi connectivity index (χ0n) is 19.1. The molecule has 2 saturated heterocycles. The number of amides is 1. The SMILES string of the molecule is O=C1CO[C@@]2(CCN(Cc3ncc(-c4ccc5cc(Cl)cnc5c4)cc3F)C[C@H]2F)CN1C1CC1. The lowest BCUT2D eigenvalue weighted by atomic mass is 9.87. The number of alkyl halides is 1. The van der Waals surface area contributed by atoms with Gasteiger partial charge < -0.3 is 9.64 Å². The number of likely N-dealkylation sites (tertiary alicyclic amines) is 1. The Morgan fingerprint density at radius 1 is 1.14 bits per heavy atom. The standard InChI is InChI=1S/C26H25ClF2N4O2/c27-19-7-17-2-1-16(9-22(17)31-11-19)18-8-21(28)23(30-10-18)12-32-6-5-26(24(29)13-32)15-33(20-3-4-20)25(34)14-35-26/h1-2,7-11,20,24H,3-6,12-15H2/t24-,26+/m1/s1. The van der Waals surface area contributed by atoms with Crippen LogP contribution < -0.4 is 0 Å². The van der Waals surface area contributed by atoms with Crippen molar-refractivity contribution in [1.82, 2.24) is 19.8 Å². The van der Waals surface area contributed by atoms with Crippen LogP contribution in [0.15, 0.2) is 42.7 Å². The Bertz CT molecular complexity index is 1300. The number of fused-ring (bicyclic) bond motifs is 1. The number of halogens is 3. The molecule has 182 valence electrons. The number of carbonyl (C=O) groups is 1. The molecule has 3 fully saturated rings. The molecule has 35 heavy (non-hydrogen) atoms. The van der Waals surface area contributed by atoms with Crippen molar-refractivity contribution in [2.45, 2.75) is 43.6 Å². The Kier molecular flexibility index (Phi) is 5.70. The number of morpholine rings is 1. The van der Waals surface area contributed by atoms with Crippen LogP contribution >= 0.6 is 11.6 Å². The minimum atomic E-state index is -1.26. The first-order valence-corrected chi connectivity index (χ1v) is 12.3. The molecule has 0 N–H and O–H groups in total. The van der Waals surface area contributed by atoms with Crippen LogP contribution in [0.5, 0.6) is 0 Å². The number of hydrogen-bond donors (Lipinski definition) is 0. The molecule has 6 rings (SSSR count). The molecule has 1 spiro atoms. The van der Waals surface area contributed by atoms with Gasteiger partial charge in [-0.1, -0.05) is 23.7 Å². The molecule has 4 heterocycles. The van der Waals surface area contributed by atoms with Gasteiger partial charge in [0, 0.05) is 49.0 Å². The third kappa shape index (κ3) is 4.39. The molecule has 0 radical (unpaired) electrons. The summed E-state index contributed by atoms with van der Waals surface area (Å²) >= 11 is 6.00. The van der Waals surface area contributed by atoms with Crippen LogP contribution in [0.25, 0.3) is 22.0 Å². The van der Waals surface area contributed by atoms with Crippen molar-refractivity contribution in [3.8, 4) is 11.1 Å². The maximum Gasteiger partial charge on any atom is 0.248 e. The van der Waals surface area contributed by atoms with Crippen LogP contribution in [-0.2, 0) is 16.1 Å². The predicted octanol–water partition coefficient (Wildman–Crippen LogP) is 4.39. The van der Waals surface area contributed by atoms with Gasteiger partial charge in [-0.15, -0.1) is 0 Å². The number of rotatable bonds is 4. The second-order valence-electron chi connectivity index (χ2n) is 9.77. The first kappa shape index (κ1) is 22.8. The molecule has 1 amide bonds. The monoisotopic (exact) mass is 498 g/mol. The van der Waals surface area contributed by atoms with Crippen LogP contribution in [0.1, 0.15) is 25.0 Å². The third-order valence-corrected chi connectivity index (χ3v) is 7.55. The molecular formula is C26H25ClF2N4O2. The summed E-state index contributed by atoms with van der Waals surface area (Å²) in [6.07, 6.45) is 4.38. The highest BCUT2D eigenvalue weighted by Gasteiger charge is 2.51. The van der Waals surface area contributed by atoms with Crippen LogP contribution in [0, 0.1) is 5.82 Å². The maximum atomic E-state index is 15.4. The van der Waals surface area contributed by atoms with Gasteiger partial charge in [-0.2, -0.15) is 0 Å². The smallest absolute Gasteiger partial charge is 0.248 e. The number of hydrogen-bond acceptors (Lipinski definition) is 5. The van der Waals surface area contributed by atoms with E-state index in [0.29, 0.717) is 30.1 Å². The van der Waals surface area contributed by atoms with Gasteiger partial charge in [0.05, 0.1) is 22.8 Å². The zero-order valence-corrected chi connectivity index (χ0v) is 19.8. The van der Waals surface area contributed by atoms with Crippen molar-refractivity contribution < 1.29 is 18.3 Å². The minimum absolute atomic E-state index is 0.0508. The fourth-order valence-electron chi connectivity index (χ4n) is 5.13. The van der Waals surface area contributed by atoms with Crippen molar-refractivity contribution in [2.75, 3.05) is 26.2 Å². The van der Waals surface area contributed by atoms with E-state index in [1.807, 2.05) is 29.2 Å². The highest BCUT2D eigenvalue weighted by molar-refractivity contribution is 6.31. The lowest BCUT2D eigenvalue weighted by Crippen LogP contribution is -2.64. The fraction of sp³-hybridized carbons (Fsp3) is 0.423. The molecule has 6 nitrogen and oxygen atoms in total.